The van der Waals surface area contributed by atoms with Gasteiger partial charge >= 0.3 is 6.18 Å². The van der Waals surface area contributed by atoms with Crippen LogP contribution in [0.2, 0.25) is 0 Å². The normalized spacial score (nSPS) is 11.1. The molecular formula is C27H28ClF4N7O2. The van der Waals surface area contributed by atoms with Gasteiger partial charge in [0.05, 0.1) is 23.6 Å². The molecule has 218 valence electrons. The molecule has 41 heavy (non-hydrogen) atoms. The van der Waals surface area contributed by atoms with Crippen LogP contribution in [0.1, 0.15) is 19.4 Å². The Kier molecular flexibility index (Phi) is 12.2. The number of nitrogens with zero attached hydrogens (tertiary/aromatic N) is 2. The third-order valence-corrected chi connectivity index (χ3v) is 5.17. The van der Waals surface area contributed by atoms with E-state index in [0.29, 0.717) is 5.56 Å². The molecule has 0 spiro atoms. The van der Waals surface area contributed by atoms with E-state index >= 15 is 0 Å². The first-order valence-corrected chi connectivity index (χ1v) is 12.5. The number of nitrogens with one attached hydrogen (secondary N) is 5. The van der Waals surface area contributed by atoms with Crippen molar-refractivity contribution in [3.05, 3.63) is 84.6 Å². The van der Waals surface area contributed by atoms with Crippen LogP contribution >= 0.6 is 11.6 Å². The summed E-state index contributed by atoms with van der Waals surface area (Å²) < 4.78 is 53.9. The Morgan fingerprint density at radius 2 is 1.83 bits per heavy atom. The second kappa shape index (κ2) is 15.3. The Morgan fingerprint density at radius 3 is 2.41 bits per heavy atom. The predicted molar refractivity (Wildman–Crippen MR) is 153 cm³/mol. The van der Waals surface area contributed by atoms with Gasteiger partial charge in [-0.2, -0.15) is 18.2 Å². The molecule has 0 atom stereocenters. The minimum absolute atomic E-state index is 0.0119. The molecule has 9 nitrogen and oxygen atoms in total. The number of rotatable bonds is 11. The largest absolute Gasteiger partial charge is 0.416 e. The number of anilines is 4. The Morgan fingerprint density at radius 1 is 1.15 bits per heavy atom. The van der Waals surface area contributed by atoms with Gasteiger partial charge in [-0.25, -0.2) is 9.37 Å². The van der Waals surface area contributed by atoms with E-state index in [1.54, 1.807) is 0 Å². The molecule has 0 fully saturated rings. The summed E-state index contributed by atoms with van der Waals surface area (Å²) in [5, 5.41) is 27.0. The molecule has 2 aromatic carbocycles. The van der Waals surface area contributed by atoms with E-state index in [2.05, 4.69) is 37.8 Å². The van der Waals surface area contributed by atoms with E-state index in [9.17, 15) is 22.4 Å². The van der Waals surface area contributed by atoms with Gasteiger partial charge in [-0.05, 0) is 42.0 Å². The summed E-state index contributed by atoms with van der Waals surface area (Å²) in [5.74, 6) is -1.34. The predicted octanol–water partition coefficient (Wildman–Crippen LogP) is 6.25. The highest BCUT2D eigenvalue weighted by atomic mass is 35.5. The topological polar surface area (TPSA) is 135 Å². The van der Waals surface area contributed by atoms with E-state index in [4.69, 9.17) is 22.1 Å². The number of allylic oxidation sites excluding steroid dienone is 1. The maximum atomic E-state index is 14.7. The van der Waals surface area contributed by atoms with Gasteiger partial charge in [0.25, 0.3) is 0 Å². The first kappa shape index (κ1) is 32.7. The second-order valence-corrected chi connectivity index (χ2v) is 8.10. The highest BCUT2D eigenvalue weighted by molar-refractivity contribution is 6.68. The summed E-state index contributed by atoms with van der Waals surface area (Å²) in [5.41, 5.74) is -0.178. The molecule has 1 amide bonds. The fourth-order valence-corrected chi connectivity index (χ4v) is 3.22. The van der Waals surface area contributed by atoms with Crippen molar-refractivity contribution in [1.29, 1.82) is 5.41 Å². The third kappa shape index (κ3) is 9.58. The lowest BCUT2D eigenvalue weighted by Crippen LogP contribution is -2.17. The van der Waals surface area contributed by atoms with E-state index < -0.39 is 28.6 Å². The van der Waals surface area contributed by atoms with Crippen LogP contribution in [0.4, 0.5) is 40.7 Å². The standard InChI is InChI=1S/C25H22ClF4N7O2.C2H6/c1-2-21(39)34-16-7-8-18(27)19(11-16)35-23-17(14-3-5-15(6-4-14)25(28,29)30)12-33-24(37-23)36-20(22(26)31)13-32-9-10-38;1-2/h2-8,11-13,31-32,38H,1,9-10H2,(H,34,39)(H2,33,35,36,37);1-2H3/b20-13+,31-22?;. The lowest BCUT2D eigenvalue weighted by molar-refractivity contribution is -0.137. The molecule has 3 aromatic rings. The molecule has 14 heteroatoms. The average Bonchev–Trinajstić information content (AvgIpc) is 2.95. The Labute approximate surface area is 238 Å². The number of aromatic nitrogens is 2. The molecule has 0 saturated heterocycles. The first-order valence-electron chi connectivity index (χ1n) is 12.1. The molecule has 0 bridgehead atoms. The van der Waals surface area contributed by atoms with Crippen LogP contribution in [0.5, 0.6) is 0 Å². The lowest BCUT2D eigenvalue weighted by atomic mass is 10.1. The number of hydrogen-bond acceptors (Lipinski definition) is 8. The number of alkyl halides is 3. The van der Waals surface area contributed by atoms with E-state index in [0.717, 1.165) is 24.3 Å². The highest BCUT2D eigenvalue weighted by Gasteiger charge is 2.30. The van der Waals surface area contributed by atoms with Crippen LogP contribution in [-0.4, -0.2) is 39.3 Å². The molecule has 0 unspecified atom stereocenters. The van der Waals surface area contributed by atoms with Crippen molar-refractivity contribution in [3.8, 4) is 11.1 Å². The number of amides is 1. The zero-order valence-corrected chi connectivity index (χ0v) is 22.8. The van der Waals surface area contributed by atoms with Crippen LogP contribution in [-0.2, 0) is 11.0 Å². The Hall–Kier alpha value is -4.49. The summed E-state index contributed by atoms with van der Waals surface area (Å²) in [6.45, 7) is 7.36. The second-order valence-electron chi connectivity index (χ2n) is 7.72. The number of halogens is 5. The van der Waals surface area contributed by atoms with Crippen LogP contribution in [0, 0.1) is 11.2 Å². The molecule has 0 aliphatic heterocycles. The van der Waals surface area contributed by atoms with Crippen LogP contribution < -0.4 is 21.3 Å². The molecular weight excluding hydrogens is 566 g/mol. The van der Waals surface area contributed by atoms with Crippen LogP contribution in [0.3, 0.4) is 0 Å². The Bertz CT molecular complexity index is 1400. The molecule has 0 radical (unpaired) electrons. The number of aliphatic hydroxyl groups excluding tert-OH is 1. The van der Waals surface area contributed by atoms with E-state index in [-0.39, 0.29) is 47.6 Å². The van der Waals surface area contributed by atoms with Crippen molar-refractivity contribution in [1.82, 2.24) is 15.3 Å². The lowest BCUT2D eigenvalue weighted by Gasteiger charge is -2.16. The Balaban J connectivity index is 0.00000287. The molecule has 0 saturated carbocycles. The van der Waals surface area contributed by atoms with Crippen molar-refractivity contribution in [2.45, 2.75) is 20.0 Å². The maximum absolute atomic E-state index is 14.7. The zero-order chi connectivity index (χ0) is 30.6. The van der Waals surface area contributed by atoms with Gasteiger partial charge in [0.1, 0.15) is 16.8 Å². The van der Waals surface area contributed by atoms with Gasteiger partial charge in [0.15, 0.2) is 0 Å². The SMILES string of the molecule is C=CC(=O)Nc1ccc(F)c(Nc2nc(N/C(=C/NCCO)C(=N)Cl)ncc2-c2ccc(C(F)(F)F)cc2)c1.CC. The van der Waals surface area contributed by atoms with Crippen LogP contribution in [0.25, 0.3) is 11.1 Å². The van der Waals surface area contributed by atoms with Crippen molar-refractivity contribution in [2.24, 2.45) is 0 Å². The first-order chi connectivity index (χ1) is 19.5. The molecule has 0 aliphatic carbocycles. The summed E-state index contributed by atoms with van der Waals surface area (Å²) in [7, 11) is 0. The fraction of sp³-hybridized carbons (Fsp3) is 0.185. The van der Waals surface area contributed by atoms with E-state index in [1.807, 2.05) is 13.8 Å². The minimum Gasteiger partial charge on any atom is -0.395 e. The van der Waals surface area contributed by atoms with Gasteiger partial charge < -0.3 is 26.4 Å². The summed E-state index contributed by atoms with van der Waals surface area (Å²) >= 11 is 5.81. The van der Waals surface area contributed by atoms with Crippen molar-refractivity contribution >= 4 is 45.8 Å². The van der Waals surface area contributed by atoms with Gasteiger partial charge in [-0.1, -0.05) is 44.2 Å². The minimum atomic E-state index is -4.54. The summed E-state index contributed by atoms with van der Waals surface area (Å²) in [4.78, 5) is 20.1. The molecule has 0 aliphatic rings. The zero-order valence-electron chi connectivity index (χ0n) is 22.0. The summed E-state index contributed by atoms with van der Waals surface area (Å²) in [6, 6.07) is 7.93. The molecule has 1 aromatic heterocycles. The van der Waals surface area contributed by atoms with Crippen molar-refractivity contribution in [2.75, 3.05) is 29.1 Å². The highest BCUT2D eigenvalue weighted by Crippen LogP contribution is 2.34. The molecule has 1 heterocycles. The average molecular weight is 594 g/mol. The molecule has 6 N–H and O–H groups in total. The number of carbonyl (C=O) groups excluding carboxylic acids is 1. The fourth-order valence-electron chi connectivity index (χ4n) is 3.12. The number of hydrogen-bond donors (Lipinski definition) is 6. The number of aliphatic hydroxyl groups is 1. The smallest absolute Gasteiger partial charge is 0.395 e. The summed E-state index contributed by atoms with van der Waals surface area (Å²) in [6.07, 6.45) is -0.895. The van der Waals surface area contributed by atoms with E-state index in [1.165, 1.54) is 36.7 Å². The van der Waals surface area contributed by atoms with Gasteiger partial charge in [-0.3, -0.25) is 10.2 Å². The molecule has 3 rings (SSSR count). The van der Waals surface area contributed by atoms with Crippen molar-refractivity contribution < 1.29 is 27.5 Å². The number of benzene rings is 2. The van der Waals surface area contributed by atoms with Gasteiger partial charge in [0, 0.05) is 30.2 Å². The quantitative estimate of drug-likeness (QED) is 0.0670. The maximum Gasteiger partial charge on any atom is 0.416 e. The van der Waals surface area contributed by atoms with Gasteiger partial charge in [-0.15, -0.1) is 0 Å². The monoisotopic (exact) mass is 593 g/mol. The van der Waals surface area contributed by atoms with Crippen LogP contribution in [0.15, 0.2) is 73.2 Å². The van der Waals surface area contributed by atoms with Gasteiger partial charge in [0.2, 0.25) is 11.9 Å². The third-order valence-electron chi connectivity index (χ3n) is 4.97. The van der Waals surface area contributed by atoms with Crippen molar-refractivity contribution in [3.63, 3.8) is 0 Å². The number of carbonyl (C=O) groups is 1.